The van der Waals surface area contributed by atoms with Crippen molar-refractivity contribution in [3.05, 3.63) is 65.2 Å². The lowest BCUT2D eigenvalue weighted by atomic mass is 9.93. The Morgan fingerprint density at radius 3 is 2.57 bits per heavy atom. The van der Waals surface area contributed by atoms with Crippen molar-refractivity contribution in [2.45, 2.75) is 32.2 Å². The molecule has 0 aliphatic carbocycles. The third kappa shape index (κ3) is 4.62. The minimum Gasteiger partial charge on any atom is -0.496 e. The van der Waals surface area contributed by atoms with Crippen molar-refractivity contribution in [1.29, 1.82) is 0 Å². The Morgan fingerprint density at radius 1 is 1.20 bits per heavy atom. The van der Waals surface area contributed by atoms with E-state index in [0.717, 1.165) is 5.56 Å². The van der Waals surface area contributed by atoms with Gasteiger partial charge in [-0.15, -0.1) is 0 Å². The van der Waals surface area contributed by atoms with E-state index in [1.165, 1.54) is 18.1 Å². The number of ether oxygens (including phenoxy) is 2. The number of carbonyl (C=O) groups is 3. The maximum atomic E-state index is 13.2. The Kier molecular flexibility index (Phi) is 6.72. The van der Waals surface area contributed by atoms with E-state index >= 15 is 0 Å². The summed E-state index contributed by atoms with van der Waals surface area (Å²) in [5.74, 6) is -1.60. The lowest BCUT2D eigenvalue weighted by molar-refractivity contribution is -0.133. The maximum absolute atomic E-state index is 13.2. The number of hydrogen-bond acceptors (Lipinski definition) is 5. The van der Waals surface area contributed by atoms with Crippen LogP contribution in [-0.2, 0) is 22.4 Å². The van der Waals surface area contributed by atoms with Gasteiger partial charge in [0, 0.05) is 5.92 Å². The Morgan fingerprint density at radius 2 is 1.93 bits per heavy atom. The van der Waals surface area contributed by atoms with Crippen LogP contribution in [0.25, 0.3) is 0 Å². The topological polar surface area (TPSA) is 93.1 Å². The highest BCUT2D eigenvalue weighted by molar-refractivity contribution is 5.95. The van der Waals surface area contributed by atoms with Crippen LogP contribution in [0.2, 0.25) is 0 Å². The van der Waals surface area contributed by atoms with Crippen LogP contribution >= 0.6 is 0 Å². The molecule has 0 radical (unpaired) electrons. The van der Waals surface area contributed by atoms with Crippen LogP contribution in [-0.4, -0.2) is 47.7 Å². The second kappa shape index (κ2) is 9.43. The van der Waals surface area contributed by atoms with Crippen molar-refractivity contribution < 1.29 is 29.0 Å². The van der Waals surface area contributed by atoms with E-state index in [1.54, 1.807) is 12.1 Å². The van der Waals surface area contributed by atoms with Crippen molar-refractivity contribution in [2.24, 2.45) is 5.92 Å². The molecule has 2 atom stereocenters. The zero-order chi connectivity index (χ0) is 21.7. The molecule has 0 bridgehead atoms. The average Bonchev–Trinajstić information content (AvgIpc) is 3.11. The Labute approximate surface area is 175 Å². The summed E-state index contributed by atoms with van der Waals surface area (Å²) in [5, 5.41) is 9.39. The zero-order valence-electron chi connectivity index (χ0n) is 17.0. The quantitative estimate of drug-likeness (QED) is 0.714. The van der Waals surface area contributed by atoms with E-state index in [0.29, 0.717) is 24.8 Å². The summed E-state index contributed by atoms with van der Waals surface area (Å²) in [5.41, 5.74) is 1.76. The highest BCUT2D eigenvalue weighted by Crippen LogP contribution is 2.26. The first kappa shape index (κ1) is 21.4. The average molecular weight is 411 g/mol. The first-order chi connectivity index (χ1) is 14.4. The number of benzene rings is 2. The molecular weight excluding hydrogens is 386 g/mol. The van der Waals surface area contributed by atoms with Gasteiger partial charge in [0.25, 0.3) is 0 Å². The molecule has 30 heavy (non-hydrogen) atoms. The van der Waals surface area contributed by atoms with Gasteiger partial charge in [-0.1, -0.05) is 43.3 Å². The van der Waals surface area contributed by atoms with Gasteiger partial charge in [0.2, 0.25) is 5.91 Å². The molecule has 2 aromatic carbocycles. The summed E-state index contributed by atoms with van der Waals surface area (Å²) in [4.78, 5) is 38.2. The number of methoxy groups -OCH3 is 1. The van der Waals surface area contributed by atoms with Crippen LogP contribution in [0.5, 0.6) is 5.75 Å². The van der Waals surface area contributed by atoms with Crippen molar-refractivity contribution in [3.8, 4) is 5.75 Å². The number of cyclic esters (lactones) is 1. The minimum absolute atomic E-state index is 0.0415. The van der Waals surface area contributed by atoms with Crippen LogP contribution < -0.4 is 4.74 Å². The molecule has 2 amide bonds. The number of carboxylic acid groups (broad SMARTS) is 1. The van der Waals surface area contributed by atoms with Gasteiger partial charge in [-0.25, -0.2) is 14.5 Å². The van der Waals surface area contributed by atoms with Crippen LogP contribution in [0.4, 0.5) is 4.79 Å². The van der Waals surface area contributed by atoms with Gasteiger partial charge in [-0.05, 0) is 42.5 Å². The van der Waals surface area contributed by atoms with E-state index in [9.17, 15) is 19.5 Å². The Hall–Kier alpha value is -3.35. The zero-order valence-corrected chi connectivity index (χ0v) is 17.0. The predicted molar refractivity (Wildman–Crippen MR) is 110 cm³/mol. The molecule has 2 aromatic rings. The second-order valence-corrected chi connectivity index (χ2v) is 7.28. The summed E-state index contributed by atoms with van der Waals surface area (Å²) in [6.45, 7) is 2.04. The lowest BCUT2D eigenvalue weighted by Crippen LogP contribution is -2.44. The molecule has 1 N–H and O–H groups in total. The molecule has 7 heteroatoms. The van der Waals surface area contributed by atoms with Crippen LogP contribution in [0, 0.1) is 5.92 Å². The van der Waals surface area contributed by atoms with Gasteiger partial charge in [0.15, 0.2) is 0 Å². The number of nitrogens with zero attached hydrogens (tertiary/aromatic N) is 1. The summed E-state index contributed by atoms with van der Waals surface area (Å²) in [6.07, 6.45) is 0.733. The van der Waals surface area contributed by atoms with Gasteiger partial charge in [0.1, 0.15) is 17.9 Å². The maximum Gasteiger partial charge on any atom is 0.416 e. The molecule has 1 aliphatic rings. The molecule has 1 fully saturated rings. The number of rotatable bonds is 8. The van der Waals surface area contributed by atoms with E-state index in [2.05, 4.69) is 0 Å². The number of carboxylic acids is 1. The fourth-order valence-electron chi connectivity index (χ4n) is 3.70. The molecule has 1 aliphatic heterocycles. The van der Waals surface area contributed by atoms with Crippen LogP contribution in [0.1, 0.15) is 34.8 Å². The smallest absolute Gasteiger partial charge is 0.416 e. The minimum atomic E-state index is -1.10. The molecule has 0 spiro atoms. The fourth-order valence-corrected chi connectivity index (χ4v) is 3.70. The molecule has 1 heterocycles. The van der Waals surface area contributed by atoms with E-state index in [4.69, 9.17) is 9.47 Å². The first-order valence-electron chi connectivity index (χ1n) is 9.88. The number of amides is 2. The van der Waals surface area contributed by atoms with E-state index in [-0.39, 0.29) is 29.9 Å². The van der Waals surface area contributed by atoms with E-state index < -0.39 is 18.0 Å². The molecular formula is C23H25NO6. The lowest BCUT2D eigenvalue weighted by Gasteiger charge is -2.24. The van der Waals surface area contributed by atoms with Gasteiger partial charge < -0.3 is 14.6 Å². The normalized spacial score (nSPS) is 16.8. The van der Waals surface area contributed by atoms with Crippen molar-refractivity contribution in [1.82, 2.24) is 4.90 Å². The summed E-state index contributed by atoms with van der Waals surface area (Å²) in [7, 11) is 1.41. The summed E-state index contributed by atoms with van der Waals surface area (Å²) >= 11 is 0. The third-order valence-corrected chi connectivity index (χ3v) is 5.33. The van der Waals surface area contributed by atoms with Crippen molar-refractivity contribution in [3.63, 3.8) is 0 Å². The largest absolute Gasteiger partial charge is 0.496 e. The molecule has 0 aromatic heterocycles. The SMILES string of the molecule is CCC(Cc1ccc(OC)c(C(=O)O)c1)C(=O)N1C(=O)OC[C@@H]1Cc1ccccc1. The van der Waals surface area contributed by atoms with Crippen LogP contribution in [0.15, 0.2) is 48.5 Å². The van der Waals surface area contributed by atoms with Gasteiger partial charge in [-0.2, -0.15) is 0 Å². The highest BCUT2D eigenvalue weighted by Gasteiger charge is 2.40. The fraction of sp³-hybridized carbons (Fsp3) is 0.348. The Bertz CT molecular complexity index is 927. The molecule has 0 saturated carbocycles. The molecule has 1 saturated heterocycles. The van der Waals surface area contributed by atoms with E-state index in [1.807, 2.05) is 37.3 Å². The molecule has 158 valence electrons. The van der Waals surface area contributed by atoms with Gasteiger partial charge >= 0.3 is 12.1 Å². The first-order valence-corrected chi connectivity index (χ1v) is 9.88. The van der Waals surface area contributed by atoms with Gasteiger partial charge in [0.05, 0.1) is 13.2 Å². The molecule has 3 rings (SSSR count). The standard InChI is InChI=1S/C23H25NO6/c1-3-17(11-16-9-10-20(29-2)19(13-16)22(26)27)21(25)24-18(14-30-23(24)28)12-15-7-5-4-6-8-15/h4-10,13,17-18H,3,11-12,14H2,1-2H3,(H,26,27)/t17?,18-/m0/s1. The van der Waals surface area contributed by atoms with Gasteiger partial charge in [-0.3, -0.25) is 4.79 Å². The third-order valence-electron chi connectivity index (χ3n) is 5.33. The Balaban J connectivity index is 1.78. The number of carbonyl (C=O) groups excluding carboxylic acids is 2. The summed E-state index contributed by atoms with van der Waals surface area (Å²) in [6, 6.07) is 14.1. The molecule has 7 nitrogen and oxygen atoms in total. The number of hydrogen-bond donors (Lipinski definition) is 1. The number of aromatic carboxylic acids is 1. The van der Waals surface area contributed by atoms with Crippen LogP contribution in [0.3, 0.4) is 0 Å². The highest BCUT2D eigenvalue weighted by atomic mass is 16.6. The van der Waals surface area contributed by atoms with Crippen molar-refractivity contribution in [2.75, 3.05) is 13.7 Å². The second-order valence-electron chi connectivity index (χ2n) is 7.28. The van der Waals surface area contributed by atoms with Crippen molar-refractivity contribution >= 4 is 18.0 Å². The summed E-state index contributed by atoms with van der Waals surface area (Å²) < 4.78 is 10.3. The molecule has 1 unspecified atom stereocenters. The predicted octanol–water partition coefficient (Wildman–Crippen LogP) is 3.55. The monoisotopic (exact) mass is 411 g/mol. The number of imide groups is 1.